The fourth-order valence-corrected chi connectivity index (χ4v) is 5.19. The Bertz CT molecular complexity index is 1640. The molecule has 0 N–H and O–H groups in total. The van der Waals surface area contributed by atoms with Crippen molar-refractivity contribution in [2.75, 3.05) is 0 Å². The third-order valence-electron chi connectivity index (χ3n) is 6.93. The molecule has 0 unspecified atom stereocenters. The molecule has 6 heteroatoms. The molecule has 0 spiro atoms. The second-order valence-electron chi connectivity index (χ2n) is 9.59. The van der Waals surface area contributed by atoms with Crippen LogP contribution in [0.2, 0.25) is 0 Å². The van der Waals surface area contributed by atoms with Crippen molar-refractivity contribution in [2.24, 2.45) is 0 Å². The fraction of sp³-hybridized carbons (Fsp3) is 0.121. The number of aromatic nitrogens is 5. The largest absolute Gasteiger partial charge is 0.457 e. The van der Waals surface area contributed by atoms with Gasteiger partial charge in [-0.25, -0.2) is 9.36 Å². The molecule has 6 rings (SSSR count). The van der Waals surface area contributed by atoms with Crippen molar-refractivity contribution in [3.63, 3.8) is 0 Å². The maximum absolute atomic E-state index is 6.33. The van der Waals surface area contributed by atoms with Crippen LogP contribution in [0.25, 0.3) is 33.8 Å². The number of ether oxygens (including phenoxy) is 1. The Balaban J connectivity index is 1.30. The van der Waals surface area contributed by atoms with Crippen LogP contribution in [-0.4, -0.2) is 24.5 Å². The summed E-state index contributed by atoms with van der Waals surface area (Å²) in [4.78, 5) is 4.53. The molecular weight excluding hydrogens is 482 g/mol. The average Bonchev–Trinajstić information content (AvgIpc) is 3.43. The topological polar surface area (TPSA) is 57.8 Å². The van der Waals surface area contributed by atoms with Crippen molar-refractivity contribution in [1.82, 2.24) is 24.5 Å². The Kier molecular flexibility index (Phi) is 6.29. The second kappa shape index (κ2) is 10.1. The molecule has 0 bridgehead atoms. The van der Waals surface area contributed by atoms with Crippen LogP contribution in [-0.2, 0) is 0 Å². The Morgan fingerprint density at radius 3 is 1.72 bits per heavy atom. The van der Waals surface area contributed by atoms with Gasteiger partial charge in [-0.1, -0.05) is 48.5 Å². The number of nitrogens with zero attached hydrogens (tertiary/aromatic N) is 5. The lowest BCUT2D eigenvalue weighted by atomic mass is 10.0. The zero-order valence-electron chi connectivity index (χ0n) is 22.5. The monoisotopic (exact) mass is 511 g/mol. The third kappa shape index (κ3) is 4.61. The normalized spacial score (nSPS) is 11.1. The van der Waals surface area contributed by atoms with Gasteiger partial charge in [0.15, 0.2) is 0 Å². The first kappa shape index (κ1) is 24.4. The van der Waals surface area contributed by atoms with E-state index in [4.69, 9.17) is 14.9 Å². The lowest BCUT2D eigenvalue weighted by Gasteiger charge is -2.11. The van der Waals surface area contributed by atoms with E-state index < -0.39 is 0 Å². The van der Waals surface area contributed by atoms with E-state index in [1.54, 1.807) is 0 Å². The molecule has 0 fully saturated rings. The Labute approximate surface area is 228 Å². The van der Waals surface area contributed by atoms with E-state index in [2.05, 4.69) is 50.0 Å². The summed E-state index contributed by atoms with van der Waals surface area (Å²) in [6.07, 6.45) is 1.81. The summed E-state index contributed by atoms with van der Waals surface area (Å²) >= 11 is 0. The van der Waals surface area contributed by atoms with E-state index in [0.717, 1.165) is 62.5 Å². The van der Waals surface area contributed by atoms with Crippen molar-refractivity contribution in [3.05, 3.63) is 126 Å². The van der Waals surface area contributed by atoms with E-state index in [1.165, 1.54) is 5.56 Å². The number of aryl methyl sites for hydroxylation is 2. The van der Waals surface area contributed by atoms with Crippen LogP contribution in [0.5, 0.6) is 11.5 Å². The zero-order valence-corrected chi connectivity index (χ0v) is 22.5. The number of hydrogen-bond donors (Lipinski definition) is 0. The third-order valence-corrected chi connectivity index (χ3v) is 6.93. The highest BCUT2D eigenvalue weighted by atomic mass is 16.5. The summed E-state index contributed by atoms with van der Waals surface area (Å²) in [6.45, 7) is 8.24. The molecular formula is C33H29N5O. The quantitative estimate of drug-likeness (QED) is 0.229. The van der Waals surface area contributed by atoms with Crippen LogP contribution in [0.15, 0.2) is 103 Å². The maximum Gasteiger partial charge on any atom is 0.129 e. The van der Waals surface area contributed by atoms with Gasteiger partial charge in [-0.05, 0) is 69.7 Å². The first-order chi connectivity index (χ1) is 19.0. The first-order valence-corrected chi connectivity index (χ1v) is 13.0. The highest BCUT2D eigenvalue weighted by Gasteiger charge is 2.17. The number of hydrogen-bond acceptors (Lipinski definition) is 4. The zero-order chi connectivity index (χ0) is 26.9. The minimum atomic E-state index is 0.731. The highest BCUT2D eigenvalue weighted by molar-refractivity contribution is 5.69. The highest BCUT2D eigenvalue weighted by Crippen LogP contribution is 2.32. The van der Waals surface area contributed by atoms with Crippen LogP contribution >= 0.6 is 0 Å². The van der Waals surface area contributed by atoms with Gasteiger partial charge in [-0.2, -0.15) is 10.2 Å². The average molecular weight is 512 g/mol. The first-order valence-electron chi connectivity index (χ1n) is 13.0. The lowest BCUT2D eigenvalue weighted by Crippen LogP contribution is -2.00. The molecule has 3 aromatic heterocycles. The van der Waals surface area contributed by atoms with Crippen LogP contribution in [0.4, 0.5) is 0 Å². The van der Waals surface area contributed by atoms with Gasteiger partial charge in [-0.15, -0.1) is 0 Å². The molecule has 0 atom stereocenters. The number of pyridine rings is 1. The standard InChI is InChI=1S/C33H29N5O/c1-22-32(26-12-6-5-7-13-26)24(3)37(35-22)27-14-10-16-29(20-27)39-30-17-11-15-28(21-30)38-25(4)33(23(2)36-38)31-18-8-9-19-34-31/h5-21H,1-4H3. The Hall–Kier alpha value is -4.97. The summed E-state index contributed by atoms with van der Waals surface area (Å²) in [6, 6.07) is 32.3. The molecule has 192 valence electrons. The molecule has 3 aromatic carbocycles. The summed E-state index contributed by atoms with van der Waals surface area (Å²) in [7, 11) is 0. The molecule has 0 saturated heterocycles. The predicted octanol–water partition coefficient (Wildman–Crippen LogP) is 7.81. The summed E-state index contributed by atoms with van der Waals surface area (Å²) in [5.74, 6) is 1.47. The molecule has 0 aliphatic carbocycles. The molecule has 6 nitrogen and oxygen atoms in total. The van der Waals surface area contributed by atoms with Gasteiger partial charge in [0.05, 0.1) is 34.2 Å². The lowest BCUT2D eigenvalue weighted by molar-refractivity contribution is 0.481. The van der Waals surface area contributed by atoms with Crippen LogP contribution in [0.3, 0.4) is 0 Å². The van der Waals surface area contributed by atoms with Crippen molar-refractivity contribution in [2.45, 2.75) is 27.7 Å². The minimum Gasteiger partial charge on any atom is -0.457 e. The Morgan fingerprint density at radius 1 is 0.564 bits per heavy atom. The molecule has 0 aliphatic heterocycles. The molecule has 39 heavy (non-hydrogen) atoms. The maximum atomic E-state index is 6.33. The number of rotatable bonds is 6. The fourth-order valence-electron chi connectivity index (χ4n) is 5.19. The van der Waals surface area contributed by atoms with Gasteiger partial charge in [0.1, 0.15) is 11.5 Å². The van der Waals surface area contributed by atoms with Gasteiger partial charge in [0, 0.05) is 35.2 Å². The van der Waals surface area contributed by atoms with Crippen molar-refractivity contribution < 1.29 is 4.74 Å². The second-order valence-corrected chi connectivity index (χ2v) is 9.59. The van der Waals surface area contributed by atoms with Crippen molar-refractivity contribution in [3.8, 4) is 45.3 Å². The van der Waals surface area contributed by atoms with Gasteiger partial charge in [0.25, 0.3) is 0 Å². The molecule has 0 radical (unpaired) electrons. The smallest absolute Gasteiger partial charge is 0.129 e. The van der Waals surface area contributed by atoms with Gasteiger partial charge in [-0.3, -0.25) is 4.98 Å². The number of benzene rings is 3. The van der Waals surface area contributed by atoms with Crippen molar-refractivity contribution in [1.29, 1.82) is 0 Å². The van der Waals surface area contributed by atoms with E-state index in [1.807, 2.05) is 95.3 Å². The molecule has 0 saturated carbocycles. The summed E-state index contributed by atoms with van der Waals surface area (Å²) in [5, 5.41) is 9.66. The van der Waals surface area contributed by atoms with Gasteiger partial charge < -0.3 is 4.74 Å². The summed E-state index contributed by atoms with van der Waals surface area (Å²) < 4.78 is 10.3. The Morgan fingerprint density at radius 2 is 1.13 bits per heavy atom. The molecule has 6 aromatic rings. The van der Waals surface area contributed by atoms with Gasteiger partial charge >= 0.3 is 0 Å². The van der Waals surface area contributed by atoms with E-state index in [0.29, 0.717) is 0 Å². The predicted molar refractivity (Wildman–Crippen MR) is 155 cm³/mol. The van der Waals surface area contributed by atoms with Crippen LogP contribution in [0, 0.1) is 27.7 Å². The van der Waals surface area contributed by atoms with Gasteiger partial charge in [0.2, 0.25) is 0 Å². The van der Waals surface area contributed by atoms with Crippen LogP contribution < -0.4 is 4.74 Å². The van der Waals surface area contributed by atoms with Crippen molar-refractivity contribution >= 4 is 0 Å². The summed E-state index contributed by atoms with van der Waals surface area (Å²) in [5.41, 5.74) is 10.2. The van der Waals surface area contributed by atoms with Crippen LogP contribution in [0.1, 0.15) is 22.8 Å². The van der Waals surface area contributed by atoms with E-state index in [-0.39, 0.29) is 0 Å². The van der Waals surface area contributed by atoms with E-state index in [9.17, 15) is 0 Å². The molecule has 3 heterocycles. The molecule has 0 amide bonds. The minimum absolute atomic E-state index is 0.731. The van der Waals surface area contributed by atoms with E-state index >= 15 is 0 Å². The SMILES string of the molecule is Cc1nn(-c2cccc(Oc3cccc(-n4nc(C)c(-c5ccccn5)c4C)c3)c2)c(C)c1-c1ccccc1. The molecule has 0 aliphatic rings.